The van der Waals surface area contributed by atoms with Crippen molar-refractivity contribution >= 4 is 11.5 Å². The van der Waals surface area contributed by atoms with Crippen molar-refractivity contribution in [2.75, 3.05) is 20.6 Å². The normalized spacial score (nSPS) is 9.77. The maximum Gasteiger partial charge on any atom is 0.131 e. The first-order valence-corrected chi connectivity index (χ1v) is 4.04. The van der Waals surface area contributed by atoms with Crippen molar-refractivity contribution in [3.05, 3.63) is 30.1 Å². The van der Waals surface area contributed by atoms with Crippen LogP contribution in [0, 0.1) is 0 Å². The van der Waals surface area contributed by atoms with Crippen LogP contribution < -0.4 is 0 Å². The van der Waals surface area contributed by atoms with Gasteiger partial charge in [-0.3, -0.25) is 4.98 Å². The zero-order chi connectivity index (χ0) is 9.68. The second kappa shape index (κ2) is 4.55. The second-order valence-corrected chi connectivity index (χ2v) is 3.03. The first-order chi connectivity index (χ1) is 6.24. The molecule has 3 heteroatoms. The summed E-state index contributed by atoms with van der Waals surface area (Å²) in [5, 5.41) is 0. The lowest BCUT2D eigenvalue weighted by atomic mass is 10.2. The number of likely N-dealkylation sites (N-methyl/N-ethyl adjacent to an activating group) is 1. The molecule has 0 bridgehead atoms. The minimum atomic E-state index is 0.570. The van der Waals surface area contributed by atoms with Crippen LogP contribution in [0.1, 0.15) is 5.69 Å². The van der Waals surface area contributed by atoms with Crippen LogP contribution in [0.2, 0.25) is 0 Å². The summed E-state index contributed by atoms with van der Waals surface area (Å²) in [6, 6.07) is 5.49. The third-order valence-corrected chi connectivity index (χ3v) is 1.57. The summed E-state index contributed by atoms with van der Waals surface area (Å²) >= 11 is 0. The van der Waals surface area contributed by atoms with E-state index in [0.717, 1.165) is 0 Å². The third-order valence-electron chi connectivity index (χ3n) is 1.57. The fourth-order valence-electron chi connectivity index (χ4n) is 1.02. The summed E-state index contributed by atoms with van der Waals surface area (Å²) in [5.41, 5.74) is 1.29. The van der Waals surface area contributed by atoms with Gasteiger partial charge in [0.05, 0.1) is 11.3 Å². The minimum Gasteiger partial charge on any atom is -0.304 e. The van der Waals surface area contributed by atoms with E-state index in [1.54, 1.807) is 6.20 Å². The smallest absolute Gasteiger partial charge is 0.131 e. The van der Waals surface area contributed by atoms with Gasteiger partial charge in [0.2, 0.25) is 0 Å². The fraction of sp³-hybridized carbons (Fsp3) is 0.300. The van der Waals surface area contributed by atoms with E-state index in [9.17, 15) is 4.79 Å². The standard InChI is InChI=1S/C10H12N2O/c1-12(2)7-9(8-13)10-5-3-4-6-11-10/h3-6H,7H2,1-2H3. The maximum atomic E-state index is 10.6. The number of aromatic nitrogens is 1. The molecule has 0 atom stereocenters. The molecular weight excluding hydrogens is 164 g/mol. The molecule has 3 nitrogen and oxygen atoms in total. The van der Waals surface area contributed by atoms with E-state index in [-0.39, 0.29) is 0 Å². The van der Waals surface area contributed by atoms with Crippen molar-refractivity contribution in [3.8, 4) is 0 Å². The molecule has 0 fully saturated rings. The summed E-state index contributed by atoms with van der Waals surface area (Å²) in [6.07, 6.45) is 1.67. The van der Waals surface area contributed by atoms with Crippen molar-refractivity contribution < 1.29 is 4.79 Å². The Morgan fingerprint density at radius 1 is 1.54 bits per heavy atom. The number of carbonyl (C=O) groups excluding carboxylic acids is 1. The molecule has 0 radical (unpaired) electrons. The van der Waals surface area contributed by atoms with E-state index in [1.165, 1.54) is 0 Å². The molecule has 13 heavy (non-hydrogen) atoms. The Labute approximate surface area is 77.7 Å². The van der Waals surface area contributed by atoms with Crippen LogP contribution in [0.4, 0.5) is 0 Å². The number of pyridine rings is 1. The van der Waals surface area contributed by atoms with Gasteiger partial charge in [0.15, 0.2) is 0 Å². The molecule has 0 aliphatic carbocycles. The van der Waals surface area contributed by atoms with Crippen molar-refractivity contribution in [1.29, 1.82) is 0 Å². The molecule has 1 aromatic rings. The highest BCUT2D eigenvalue weighted by Gasteiger charge is 2.04. The molecule has 1 rings (SSSR count). The summed E-state index contributed by atoms with van der Waals surface area (Å²) in [4.78, 5) is 16.6. The largest absolute Gasteiger partial charge is 0.304 e. The summed E-state index contributed by atoms with van der Waals surface area (Å²) in [6.45, 7) is 0.570. The molecule has 0 aliphatic rings. The molecule has 0 N–H and O–H groups in total. The van der Waals surface area contributed by atoms with Gasteiger partial charge >= 0.3 is 0 Å². The van der Waals surface area contributed by atoms with Gasteiger partial charge < -0.3 is 4.90 Å². The summed E-state index contributed by atoms with van der Waals surface area (Å²) in [7, 11) is 3.81. The van der Waals surface area contributed by atoms with Gasteiger partial charge in [-0.2, -0.15) is 0 Å². The highest BCUT2D eigenvalue weighted by atomic mass is 16.1. The Kier molecular flexibility index (Phi) is 3.38. The number of hydrogen-bond donors (Lipinski definition) is 0. The Bertz CT molecular complexity index is 313. The van der Waals surface area contributed by atoms with Crippen LogP contribution in [-0.4, -0.2) is 36.5 Å². The lowest BCUT2D eigenvalue weighted by molar-refractivity contribution is 0.462. The number of rotatable bonds is 3. The highest BCUT2D eigenvalue weighted by Crippen LogP contribution is 2.07. The monoisotopic (exact) mass is 176 g/mol. The quantitative estimate of drug-likeness (QED) is 0.640. The van der Waals surface area contributed by atoms with Gasteiger partial charge in [0.25, 0.3) is 0 Å². The molecule has 1 aromatic heterocycles. The van der Waals surface area contributed by atoms with Gasteiger partial charge in [-0.1, -0.05) is 6.07 Å². The third kappa shape index (κ3) is 2.82. The van der Waals surface area contributed by atoms with Crippen LogP contribution in [0.15, 0.2) is 24.4 Å². The summed E-state index contributed by atoms with van der Waals surface area (Å²) in [5.74, 6) is 1.91. The summed E-state index contributed by atoms with van der Waals surface area (Å²) < 4.78 is 0. The van der Waals surface area contributed by atoms with Crippen LogP contribution in [0.5, 0.6) is 0 Å². The average Bonchev–Trinajstić information content (AvgIpc) is 2.15. The van der Waals surface area contributed by atoms with E-state index >= 15 is 0 Å². The van der Waals surface area contributed by atoms with E-state index < -0.39 is 0 Å². The lowest BCUT2D eigenvalue weighted by Gasteiger charge is -2.09. The zero-order valence-corrected chi connectivity index (χ0v) is 7.82. The predicted molar refractivity (Wildman–Crippen MR) is 51.9 cm³/mol. The first kappa shape index (κ1) is 9.65. The van der Waals surface area contributed by atoms with Crippen LogP contribution in [-0.2, 0) is 4.79 Å². The molecule has 68 valence electrons. The van der Waals surface area contributed by atoms with E-state index in [4.69, 9.17) is 0 Å². The van der Waals surface area contributed by atoms with Gasteiger partial charge in [0, 0.05) is 12.7 Å². The van der Waals surface area contributed by atoms with Crippen molar-refractivity contribution in [3.63, 3.8) is 0 Å². The molecule has 0 aromatic carbocycles. The predicted octanol–water partition coefficient (Wildman–Crippen LogP) is 0.858. The van der Waals surface area contributed by atoms with Crippen molar-refractivity contribution in [2.24, 2.45) is 0 Å². The van der Waals surface area contributed by atoms with Crippen LogP contribution in [0.3, 0.4) is 0 Å². The maximum absolute atomic E-state index is 10.6. The molecule has 1 heterocycles. The average molecular weight is 176 g/mol. The minimum absolute atomic E-state index is 0.570. The Balaban J connectivity index is 2.87. The van der Waals surface area contributed by atoms with Gasteiger partial charge in [-0.25, -0.2) is 4.79 Å². The molecule has 0 aliphatic heterocycles. The Morgan fingerprint density at radius 3 is 2.77 bits per heavy atom. The lowest BCUT2D eigenvalue weighted by Crippen LogP contribution is -2.15. The SMILES string of the molecule is CN(C)CC(=C=O)c1ccccn1. The van der Waals surface area contributed by atoms with Gasteiger partial charge in [-0.05, 0) is 26.2 Å². The van der Waals surface area contributed by atoms with E-state index in [2.05, 4.69) is 4.98 Å². The number of hydrogen-bond acceptors (Lipinski definition) is 3. The van der Waals surface area contributed by atoms with E-state index in [0.29, 0.717) is 17.8 Å². The second-order valence-electron chi connectivity index (χ2n) is 3.03. The molecule has 0 unspecified atom stereocenters. The van der Waals surface area contributed by atoms with E-state index in [1.807, 2.05) is 43.1 Å². The first-order valence-electron chi connectivity index (χ1n) is 4.04. The van der Waals surface area contributed by atoms with Crippen molar-refractivity contribution in [2.45, 2.75) is 0 Å². The van der Waals surface area contributed by atoms with Gasteiger partial charge in [0.1, 0.15) is 5.94 Å². The molecule has 0 saturated heterocycles. The van der Waals surface area contributed by atoms with Crippen molar-refractivity contribution in [1.82, 2.24) is 9.88 Å². The molecule has 0 saturated carbocycles. The van der Waals surface area contributed by atoms with Crippen LogP contribution >= 0.6 is 0 Å². The number of nitrogens with zero attached hydrogens (tertiary/aromatic N) is 2. The topological polar surface area (TPSA) is 33.2 Å². The molecule has 0 amide bonds. The highest BCUT2D eigenvalue weighted by molar-refractivity contribution is 5.86. The van der Waals surface area contributed by atoms with Crippen LogP contribution in [0.25, 0.3) is 5.57 Å². The Morgan fingerprint density at radius 2 is 2.31 bits per heavy atom. The fourth-order valence-corrected chi connectivity index (χ4v) is 1.02. The van der Waals surface area contributed by atoms with Gasteiger partial charge in [-0.15, -0.1) is 0 Å². The molecular formula is C10H12N2O. The molecule has 0 spiro atoms. The Hall–Kier alpha value is -1.44. The zero-order valence-electron chi connectivity index (χ0n) is 7.82.